The largest absolute Gasteiger partial charge is 0.395 e. The van der Waals surface area contributed by atoms with Crippen molar-refractivity contribution in [3.05, 3.63) is 0 Å². The lowest BCUT2D eigenvalue weighted by molar-refractivity contribution is 0.161. The van der Waals surface area contributed by atoms with Crippen LogP contribution >= 0.6 is 12.4 Å². The molecule has 0 radical (unpaired) electrons. The zero-order valence-electron chi connectivity index (χ0n) is 6.92. The van der Waals surface area contributed by atoms with Crippen molar-refractivity contribution in [2.75, 3.05) is 32.8 Å². The molecule has 1 rings (SSSR count). The lowest BCUT2D eigenvalue weighted by Gasteiger charge is -2.31. The summed E-state index contributed by atoms with van der Waals surface area (Å²) in [5.41, 5.74) is 0. The van der Waals surface area contributed by atoms with Crippen molar-refractivity contribution in [2.45, 2.75) is 13.0 Å². The molecule has 1 aliphatic rings. The van der Waals surface area contributed by atoms with Crippen LogP contribution in [0.3, 0.4) is 0 Å². The van der Waals surface area contributed by atoms with Crippen LogP contribution in [0.2, 0.25) is 0 Å². The van der Waals surface area contributed by atoms with Gasteiger partial charge in [-0.2, -0.15) is 0 Å². The third kappa shape index (κ3) is 3.91. The number of halogens is 1. The van der Waals surface area contributed by atoms with Crippen LogP contribution in [0.4, 0.5) is 0 Å². The quantitative estimate of drug-likeness (QED) is 0.613. The van der Waals surface area contributed by atoms with Gasteiger partial charge in [-0.1, -0.05) is 0 Å². The van der Waals surface area contributed by atoms with E-state index in [0.717, 1.165) is 26.2 Å². The highest BCUT2D eigenvalue weighted by Crippen LogP contribution is 1.96. The standard InChI is InChI=1S/C7H16N2O.ClH/c1-7-6-9(4-5-10)3-2-8-7;/h7-8,10H,2-6H2,1H3;1H/t7-;/m0./s1. The minimum absolute atomic E-state index is 0. The maximum Gasteiger partial charge on any atom is 0.0558 e. The van der Waals surface area contributed by atoms with E-state index in [1.807, 2.05) is 0 Å². The number of nitrogens with zero attached hydrogens (tertiary/aromatic N) is 1. The first-order chi connectivity index (χ1) is 4.83. The molecule has 2 N–H and O–H groups in total. The van der Waals surface area contributed by atoms with Gasteiger partial charge in [0, 0.05) is 32.2 Å². The highest BCUT2D eigenvalue weighted by molar-refractivity contribution is 5.85. The van der Waals surface area contributed by atoms with Crippen molar-refractivity contribution < 1.29 is 5.11 Å². The van der Waals surface area contributed by atoms with E-state index >= 15 is 0 Å². The summed E-state index contributed by atoms with van der Waals surface area (Å²) in [6, 6.07) is 0.584. The molecule has 11 heavy (non-hydrogen) atoms. The van der Waals surface area contributed by atoms with Gasteiger partial charge in [-0.15, -0.1) is 12.4 Å². The first-order valence-electron chi connectivity index (χ1n) is 3.89. The molecule has 0 aromatic rings. The molecule has 0 unspecified atom stereocenters. The molecule has 3 nitrogen and oxygen atoms in total. The highest BCUT2D eigenvalue weighted by atomic mass is 35.5. The van der Waals surface area contributed by atoms with Crippen LogP contribution in [0.5, 0.6) is 0 Å². The van der Waals surface area contributed by atoms with E-state index < -0.39 is 0 Å². The second-order valence-electron chi connectivity index (χ2n) is 2.88. The van der Waals surface area contributed by atoms with Crippen LogP contribution < -0.4 is 5.32 Å². The van der Waals surface area contributed by atoms with E-state index in [2.05, 4.69) is 17.1 Å². The van der Waals surface area contributed by atoms with Gasteiger partial charge >= 0.3 is 0 Å². The van der Waals surface area contributed by atoms with Crippen LogP contribution in [0, 0.1) is 0 Å². The van der Waals surface area contributed by atoms with Crippen molar-refractivity contribution >= 4 is 12.4 Å². The Morgan fingerprint density at radius 2 is 2.36 bits per heavy atom. The van der Waals surface area contributed by atoms with Crippen molar-refractivity contribution in [3.8, 4) is 0 Å². The smallest absolute Gasteiger partial charge is 0.0558 e. The van der Waals surface area contributed by atoms with Crippen molar-refractivity contribution in [3.63, 3.8) is 0 Å². The summed E-state index contributed by atoms with van der Waals surface area (Å²) in [7, 11) is 0. The van der Waals surface area contributed by atoms with Gasteiger partial charge in [-0.25, -0.2) is 0 Å². The third-order valence-electron chi connectivity index (χ3n) is 1.87. The Bertz CT molecular complexity index is 100. The summed E-state index contributed by atoms with van der Waals surface area (Å²) in [5.74, 6) is 0. The molecule has 1 fully saturated rings. The van der Waals surface area contributed by atoms with Gasteiger partial charge in [-0.3, -0.25) is 4.90 Å². The maximum absolute atomic E-state index is 8.64. The number of aliphatic hydroxyl groups excluding tert-OH is 1. The molecular weight excluding hydrogens is 164 g/mol. The topological polar surface area (TPSA) is 35.5 Å². The minimum atomic E-state index is 0. The van der Waals surface area contributed by atoms with E-state index in [1.54, 1.807) is 0 Å². The molecule has 0 bridgehead atoms. The van der Waals surface area contributed by atoms with E-state index in [0.29, 0.717) is 6.04 Å². The normalized spacial score (nSPS) is 26.2. The van der Waals surface area contributed by atoms with Gasteiger partial charge in [0.1, 0.15) is 0 Å². The van der Waals surface area contributed by atoms with E-state index in [4.69, 9.17) is 5.11 Å². The Balaban J connectivity index is 0.000001000. The summed E-state index contributed by atoms with van der Waals surface area (Å²) < 4.78 is 0. The number of aliphatic hydroxyl groups is 1. The van der Waals surface area contributed by atoms with Crippen molar-refractivity contribution in [2.24, 2.45) is 0 Å². The molecule has 0 amide bonds. The van der Waals surface area contributed by atoms with Crippen molar-refractivity contribution in [1.29, 1.82) is 0 Å². The monoisotopic (exact) mass is 180 g/mol. The number of hydrogen-bond donors (Lipinski definition) is 2. The number of nitrogens with one attached hydrogen (secondary N) is 1. The van der Waals surface area contributed by atoms with Gasteiger partial charge in [0.25, 0.3) is 0 Å². The second-order valence-corrected chi connectivity index (χ2v) is 2.88. The summed E-state index contributed by atoms with van der Waals surface area (Å²) in [6.45, 7) is 6.48. The van der Waals surface area contributed by atoms with E-state index in [9.17, 15) is 0 Å². The Kier molecular flexibility index (Phi) is 5.86. The summed E-state index contributed by atoms with van der Waals surface area (Å²) in [4.78, 5) is 2.28. The molecular formula is C7H17ClN2O. The van der Waals surface area contributed by atoms with Crippen LogP contribution in [-0.4, -0.2) is 48.8 Å². The first-order valence-corrected chi connectivity index (χ1v) is 3.89. The van der Waals surface area contributed by atoms with E-state index in [-0.39, 0.29) is 19.0 Å². The predicted octanol–water partition coefficient (Wildman–Crippen LogP) is -0.306. The fraction of sp³-hybridized carbons (Fsp3) is 1.00. The summed E-state index contributed by atoms with van der Waals surface area (Å²) >= 11 is 0. The average Bonchev–Trinajstić information content (AvgIpc) is 1.88. The molecule has 1 heterocycles. The summed E-state index contributed by atoms with van der Waals surface area (Å²) in [6.07, 6.45) is 0. The van der Waals surface area contributed by atoms with E-state index in [1.165, 1.54) is 0 Å². The highest BCUT2D eigenvalue weighted by Gasteiger charge is 2.13. The molecule has 0 saturated carbocycles. The molecule has 0 aliphatic carbocycles. The number of hydrogen-bond acceptors (Lipinski definition) is 3. The first kappa shape index (κ1) is 11.2. The lowest BCUT2D eigenvalue weighted by Crippen LogP contribution is -2.49. The Morgan fingerprint density at radius 1 is 1.64 bits per heavy atom. The van der Waals surface area contributed by atoms with Crippen LogP contribution in [0.15, 0.2) is 0 Å². The molecule has 1 atom stereocenters. The molecule has 68 valence electrons. The number of piperazine rings is 1. The van der Waals surface area contributed by atoms with Crippen LogP contribution in [0.1, 0.15) is 6.92 Å². The van der Waals surface area contributed by atoms with Gasteiger partial charge < -0.3 is 10.4 Å². The van der Waals surface area contributed by atoms with Crippen LogP contribution in [0.25, 0.3) is 0 Å². The zero-order valence-corrected chi connectivity index (χ0v) is 7.73. The average molecular weight is 181 g/mol. The Hall–Kier alpha value is 0.170. The summed E-state index contributed by atoms with van der Waals surface area (Å²) in [5, 5.41) is 12.0. The fourth-order valence-corrected chi connectivity index (χ4v) is 1.36. The fourth-order valence-electron chi connectivity index (χ4n) is 1.36. The number of β-amino-alcohol motifs (C(OH)–C–C–N with tert-alkyl or cyclic N) is 1. The maximum atomic E-state index is 8.64. The molecule has 0 spiro atoms. The SMILES string of the molecule is C[C@H]1CN(CCO)CCN1.Cl. The predicted molar refractivity (Wildman–Crippen MR) is 48.2 cm³/mol. The molecule has 4 heteroatoms. The number of rotatable bonds is 2. The van der Waals surface area contributed by atoms with Gasteiger partial charge in [-0.05, 0) is 6.92 Å². The van der Waals surface area contributed by atoms with Gasteiger partial charge in [0.2, 0.25) is 0 Å². The minimum Gasteiger partial charge on any atom is -0.395 e. The van der Waals surface area contributed by atoms with Gasteiger partial charge in [0.15, 0.2) is 0 Å². The second kappa shape index (κ2) is 5.77. The third-order valence-corrected chi connectivity index (χ3v) is 1.87. The Labute approximate surface area is 74.2 Å². The lowest BCUT2D eigenvalue weighted by atomic mass is 10.2. The van der Waals surface area contributed by atoms with Crippen molar-refractivity contribution in [1.82, 2.24) is 10.2 Å². The molecule has 0 aromatic carbocycles. The molecule has 1 saturated heterocycles. The molecule has 0 aromatic heterocycles. The Morgan fingerprint density at radius 3 is 2.91 bits per heavy atom. The molecule has 1 aliphatic heterocycles. The zero-order chi connectivity index (χ0) is 7.40. The van der Waals surface area contributed by atoms with Crippen LogP contribution in [-0.2, 0) is 0 Å². The van der Waals surface area contributed by atoms with Gasteiger partial charge in [0.05, 0.1) is 6.61 Å².